The molecule has 7 heteroatoms. The van der Waals surface area contributed by atoms with Gasteiger partial charge < -0.3 is 19.4 Å². The highest BCUT2D eigenvalue weighted by atomic mass is 16.6. The zero-order valence-electron chi connectivity index (χ0n) is 13.4. The van der Waals surface area contributed by atoms with Gasteiger partial charge in [0, 0.05) is 19.6 Å². The maximum Gasteiger partial charge on any atom is 0.410 e. The number of hydrogen-bond acceptors (Lipinski definition) is 5. The van der Waals surface area contributed by atoms with Gasteiger partial charge in [-0.25, -0.2) is 4.79 Å². The third-order valence-electron chi connectivity index (χ3n) is 3.13. The van der Waals surface area contributed by atoms with E-state index >= 15 is 0 Å². The van der Waals surface area contributed by atoms with E-state index in [1.807, 2.05) is 6.08 Å². The Morgan fingerprint density at radius 1 is 1.39 bits per heavy atom. The van der Waals surface area contributed by atoms with Crippen molar-refractivity contribution < 1.29 is 19.2 Å². The Balaban J connectivity index is 2.48. The van der Waals surface area contributed by atoms with Gasteiger partial charge in [-0.15, -0.1) is 13.2 Å². The lowest BCUT2D eigenvalue weighted by Gasteiger charge is -2.26. The predicted octanol–water partition coefficient (Wildman–Crippen LogP) is 1.59. The minimum absolute atomic E-state index is 0.285. The number of carbonyl (C=O) groups excluding carboxylic acids is 2. The molecule has 0 aromatic rings. The summed E-state index contributed by atoms with van der Waals surface area (Å²) in [6, 6.07) is 0. The second kappa shape index (κ2) is 10.2. The molecule has 0 spiro atoms. The first-order chi connectivity index (χ1) is 11.1. The zero-order valence-corrected chi connectivity index (χ0v) is 13.4. The van der Waals surface area contributed by atoms with Crippen molar-refractivity contribution in [3.8, 4) is 0 Å². The van der Waals surface area contributed by atoms with Gasteiger partial charge in [-0.2, -0.15) is 0 Å². The van der Waals surface area contributed by atoms with Crippen molar-refractivity contribution in [2.24, 2.45) is 5.16 Å². The molecule has 7 nitrogen and oxygen atoms in total. The lowest BCUT2D eigenvalue weighted by atomic mass is 10.1. The normalized spacial score (nSPS) is 14.1. The van der Waals surface area contributed by atoms with Gasteiger partial charge in [0.1, 0.15) is 7.11 Å². The molecule has 0 saturated heterocycles. The second-order valence-electron chi connectivity index (χ2n) is 4.84. The van der Waals surface area contributed by atoms with Crippen molar-refractivity contribution in [2.45, 2.75) is 6.42 Å². The Labute approximate surface area is 136 Å². The number of nitrogens with zero attached hydrogens (tertiary/aromatic N) is 3. The molecule has 0 bridgehead atoms. The summed E-state index contributed by atoms with van der Waals surface area (Å²) in [6.45, 7) is 8.57. The molecule has 0 unspecified atom stereocenters. The van der Waals surface area contributed by atoms with E-state index < -0.39 is 6.09 Å². The summed E-state index contributed by atoms with van der Waals surface area (Å²) in [4.78, 5) is 31.7. The molecule has 2 amide bonds. The Hall–Kier alpha value is -2.57. The molecule has 0 atom stereocenters. The SMILES string of the molecule is C=CCN(CC=C)C(=O)COC(=O)N1CCC=C(C=NOC)C1. The van der Waals surface area contributed by atoms with Crippen LogP contribution in [-0.4, -0.2) is 67.9 Å². The van der Waals surface area contributed by atoms with E-state index in [0.29, 0.717) is 32.6 Å². The summed E-state index contributed by atoms with van der Waals surface area (Å²) in [6.07, 6.45) is 6.94. The lowest BCUT2D eigenvalue weighted by molar-refractivity contribution is -0.133. The number of rotatable bonds is 8. The van der Waals surface area contributed by atoms with E-state index in [2.05, 4.69) is 23.2 Å². The van der Waals surface area contributed by atoms with Crippen LogP contribution >= 0.6 is 0 Å². The Morgan fingerprint density at radius 2 is 2.09 bits per heavy atom. The van der Waals surface area contributed by atoms with Crippen molar-refractivity contribution in [2.75, 3.05) is 39.9 Å². The molecule has 1 aliphatic rings. The minimum atomic E-state index is -0.521. The van der Waals surface area contributed by atoms with Gasteiger partial charge in [0.15, 0.2) is 6.61 Å². The van der Waals surface area contributed by atoms with E-state index in [4.69, 9.17) is 4.74 Å². The summed E-state index contributed by atoms with van der Waals surface area (Å²) < 4.78 is 5.09. The molecular weight excluding hydrogens is 298 g/mol. The number of oxime groups is 1. The van der Waals surface area contributed by atoms with Gasteiger partial charge in [0.25, 0.3) is 5.91 Å². The Morgan fingerprint density at radius 3 is 2.70 bits per heavy atom. The fourth-order valence-corrected chi connectivity index (χ4v) is 2.04. The van der Waals surface area contributed by atoms with Gasteiger partial charge in [-0.3, -0.25) is 4.79 Å². The highest BCUT2D eigenvalue weighted by molar-refractivity contribution is 5.82. The van der Waals surface area contributed by atoms with Gasteiger partial charge in [0.2, 0.25) is 0 Å². The summed E-state index contributed by atoms with van der Waals surface area (Å²) in [5.74, 6) is -0.285. The van der Waals surface area contributed by atoms with Crippen molar-refractivity contribution >= 4 is 18.2 Å². The first-order valence-corrected chi connectivity index (χ1v) is 7.29. The van der Waals surface area contributed by atoms with Crippen LogP contribution in [0, 0.1) is 0 Å². The van der Waals surface area contributed by atoms with Crippen LogP contribution in [0.15, 0.2) is 42.1 Å². The van der Waals surface area contributed by atoms with E-state index in [9.17, 15) is 9.59 Å². The van der Waals surface area contributed by atoms with Crippen LogP contribution in [0.2, 0.25) is 0 Å². The van der Waals surface area contributed by atoms with Gasteiger partial charge in [0.05, 0.1) is 12.8 Å². The van der Waals surface area contributed by atoms with E-state index in [0.717, 1.165) is 5.57 Å². The molecule has 23 heavy (non-hydrogen) atoms. The highest BCUT2D eigenvalue weighted by Gasteiger charge is 2.21. The highest BCUT2D eigenvalue weighted by Crippen LogP contribution is 2.09. The van der Waals surface area contributed by atoms with Crippen LogP contribution in [0.5, 0.6) is 0 Å². The van der Waals surface area contributed by atoms with Gasteiger partial charge in [-0.1, -0.05) is 23.4 Å². The van der Waals surface area contributed by atoms with Gasteiger partial charge >= 0.3 is 6.09 Å². The topological polar surface area (TPSA) is 71.4 Å². The average Bonchev–Trinajstić information content (AvgIpc) is 2.57. The quantitative estimate of drug-likeness (QED) is 0.387. The molecule has 0 aliphatic carbocycles. The first kappa shape index (κ1) is 18.5. The van der Waals surface area contributed by atoms with Crippen LogP contribution in [0.1, 0.15) is 6.42 Å². The lowest BCUT2D eigenvalue weighted by Crippen LogP contribution is -2.40. The van der Waals surface area contributed by atoms with Crippen molar-refractivity contribution in [3.05, 3.63) is 37.0 Å². The number of ether oxygens (including phenoxy) is 1. The third kappa shape index (κ3) is 6.37. The first-order valence-electron chi connectivity index (χ1n) is 7.29. The molecule has 0 radical (unpaired) electrons. The average molecular weight is 321 g/mol. The van der Waals surface area contributed by atoms with E-state index in [-0.39, 0.29) is 12.5 Å². The van der Waals surface area contributed by atoms with Crippen LogP contribution in [0.25, 0.3) is 0 Å². The fourth-order valence-electron chi connectivity index (χ4n) is 2.04. The van der Waals surface area contributed by atoms with Gasteiger partial charge in [-0.05, 0) is 12.0 Å². The summed E-state index contributed by atoms with van der Waals surface area (Å²) in [5.41, 5.74) is 0.862. The smallest absolute Gasteiger partial charge is 0.410 e. The zero-order chi connectivity index (χ0) is 17.1. The van der Waals surface area contributed by atoms with Crippen molar-refractivity contribution in [1.82, 2.24) is 9.80 Å². The summed E-state index contributed by atoms with van der Waals surface area (Å²) in [5, 5.41) is 3.68. The second-order valence-corrected chi connectivity index (χ2v) is 4.84. The molecule has 0 fully saturated rings. The molecule has 1 rings (SSSR count). The standard InChI is InChI=1S/C16H23N3O4/c1-4-8-18(9-5-2)15(20)13-23-16(21)19-10-6-7-14(12-19)11-17-22-3/h4-5,7,11H,1-2,6,8-10,12-13H2,3H3. The molecular formula is C16H23N3O4. The van der Waals surface area contributed by atoms with Crippen LogP contribution in [0.3, 0.4) is 0 Å². The predicted molar refractivity (Wildman–Crippen MR) is 88.1 cm³/mol. The molecule has 1 aliphatic heterocycles. The van der Waals surface area contributed by atoms with Crippen molar-refractivity contribution in [3.63, 3.8) is 0 Å². The molecule has 0 N–H and O–H groups in total. The number of hydrogen-bond donors (Lipinski definition) is 0. The maximum absolute atomic E-state index is 12.0. The Bertz CT molecular complexity index is 490. The maximum atomic E-state index is 12.0. The molecule has 126 valence electrons. The minimum Gasteiger partial charge on any atom is -0.439 e. The largest absolute Gasteiger partial charge is 0.439 e. The summed E-state index contributed by atoms with van der Waals surface area (Å²) in [7, 11) is 1.45. The molecule has 0 aromatic heterocycles. The van der Waals surface area contributed by atoms with E-state index in [1.165, 1.54) is 16.9 Å². The third-order valence-corrected chi connectivity index (χ3v) is 3.13. The van der Waals surface area contributed by atoms with Crippen molar-refractivity contribution in [1.29, 1.82) is 0 Å². The molecule has 0 aromatic carbocycles. The monoisotopic (exact) mass is 321 g/mol. The number of amides is 2. The van der Waals surface area contributed by atoms with Crippen LogP contribution < -0.4 is 0 Å². The number of carbonyl (C=O) groups is 2. The molecule has 0 saturated carbocycles. The van der Waals surface area contributed by atoms with Crippen LogP contribution in [-0.2, 0) is 14.4 Å². The van der Waals surface area contributed by atoms with Crippen LogP contribution in [0.4, 0.5) is 4.79 Å². The summed E-state index contributed by atoms with van der Waals surface area (Å²) >= 11 is 0. The van der Waals surface area contributed by atoms with E-state index in [1.54, 1.807) is 18.4 Å². The molecule has 1 heterocycles. The Kier molecular flexibility index (Phi) is 8.20. The fraction of sp³-hybridized carbons (Fsp3) is 0.438.